The molecule has 168 valence electrons. The van der Waals surface area contributed by atoms with Crippen molar-refractivity contribution >= 4 is 15.9 Å². The molecule has 30 heavy (non-hydrogen) atoms. The molecule has 3 rings (SSSR count). The van der Waals surface area contributed by atoms with Crippen molar-refractivity contribution in [2.24, 2.45) is 29.1 Å². The second-order valence-corrected chi connectivity index (χ2v) is 11.4. The normalized spacial score (nSPS) is 35.3. The number of rotatable bonds is 6. The van der Waals surface area contributed by atoms with Crippen molar-refractivity contribution in [3.8, 4) is 0 Å². The molecule has 7 atom stereocenters. The fourth-order valence-corrected chi connectivity index (χ4v) is 6.66. The molecule has 8 heteroatoms. The highest BCUT2D eigenvalue weighted by Crippen LogP contribution is 2.55. The summed E-state index contributed by atoms with van der Waals surface area (Å²) in [5.41, 5.74) is 0.905. The van der Waals surface area contributed by atoms with E-state index in [1.807, 2.05) is 26.0 Å². The Morgan fingerprint density at radius 2 is 2.07 bits per heavy atom. The number of sulfonamides is 1. The van der Waals surface area contributed by atoms with Crippen LogP contribution in [0.2, 0.25) is 0 Å². The van der Waals surface area contributed by atoms with Gasteiger partial charge in [-0.1, -0.05) is 26.8 Å². The van der Waals surface area contributed by atoms with Crippen LogP contribution < -0.4 is 10.0 Å². The summed E-state index contributed by atoms with van der Waals surface area (Å²) in [5, 5.41) is 14.3. The highest BCUT2D eigenvalue weighted by atomic mass is 32.2. The third kappa shape index (κ3) is 5.03. The lowest BCUT2D eigenvalue weighted by molar-refractivity contribution is -0.141. The van der Waals surface area contributed by atoms with Crippen LogP contribution in [0.5, 0.6) is 0 Å². The van der Waals surface area contributed by atoms with E-state index in [-0.39, 0.29) is 41.0 Å². The minimum absolute atomic E-state index is 0.00179. The number of carbonyl (C=O) groups excluding carboxylic acids is 1. The maximum absolute atomic E-state index is 12.8. The summed E-state index contributed by atoms with van der Waals surface area (Å²) in [6, 6.07) is 3.57. The molecule has 0 spiro atoms. The van der Waals surface area contributed by atoms with Crippen LogP contribution in [0.15, 0.2) is 24.5 Å². The van der Waals surface area contributed by atoms with Crippen molar-refractivity contribution in [1.82, 2.24) is 15.0 Å². The van der Waals surface area contributed by atoms with Crippen molar-refractivity contribution in [3.63, 3.8) is 0 Å². The van der Waals surface area contributed by atoms with Gasteiger partial charge < -0.3 is 10.4 Å². The Bertz CT molecular complexity index is 847. The van der Waals surface area contributed by atoms with Gasteiger partial charge in [0.2, 0.25) is 15.9 Å². The standard InChI is InChI=1S/C22H35N3O4S/c1-14(21(27)24-13-16-6-5-11-23-12-16)17-7-9-22(3)10-8-18(25-30(4,28)29)15(2)19(22)20(17)26/h5-6,11-12,14-15,17-20,25-26H,7-10,13H2,1-4H3,(H,24,27). The van der Waals surface area contributed by atoms with E-state index in [9.17, 15) is 18.3 Å². The third-order valence-corrected chi connectivity index (χ3v) is 8.23. The van der Waals surface area contributed by atoms with E-state index < -0.39 is 16.1 Å². The van der Waals surface area contributed by atoms with Crippen LogP contribution in [0, 0.1) is 29.1 Å². The van der Waals surface area contributed by atoms with Gasteiger partial charge in [-0.15, -0.1) is 0 Å². The van der Waals surface area contributed by atoms with Crippen molar-refractivity contribution in [2.75, 3.05) is 6.26 Å². The number of aliphatic hydroxyl groups is 1. The summed E-state index contributed by atoms with van der Waals surface area (Å²) in [5.74, 6) is -0.575. The molecule has 0 radical (unpaired) electrons. The molecular formula is C22H35N3O4S. The van der Waals surface area contributed by atoms with Gasteiger partial charge in [-0.3, -0.25) is 9.78 Å². The van der Waals surface area contributed by atoms with Gasteiger partial charge in [-0.05, 0) is 60.5 Å². The number of nitrogens with zero attached hydrogens (tertiary/aromatic N) is 1. The van der Waals surface area contributed by atoms with Gasteiger partial charge in [-0.25, -0.2) is 13.1 Å². The summed E-state index contributed by atoms with van der Waals surface area (Å²) < 4.78 is 26.3. The van der Waals surface area contributed by atoms with Crippen molar-refractivity contribution in [2.45, 2.75) is 65.1 Å². The van der Waals surface area contributed by atoms with E-state index in [1.165, 1.54) is 6.26 Å². The number of nitrogens with one attached hydrogen (secondary N) is 2. The van der Waals surface area contributed by atoms with Gasteiger partial charge in [0, 0.05) is 30.9 Å². The first kappa shape index (κ1) is 23.2. The summed E-state index contributed by atoms with van der Waals surface area (Å²) in [6.45, 7) is 6.54. The van der Waals surface area contributed by atoms with Crippen LogP contribution in [0.3, 0.4) is 0 Å². The number of hydrogen-bond acceptors (Lipinski definition) is 5. The minimum Gasteiger partial charge on any atom is -0.392 e. The molecule has 0 aromatic carbocycles. The van der Waals surface area contributed by atoms with Crippen molar-refractivity contribution in [3.05, 3.63) is 30.1 Å². The number of fused-ring (bicyclic) bond motifs is 1. The second kappa shape index (κ2) is 8.93. The Kier molecular flexibility index (Phi) is 6.89. The largest absolute Gasteiger partial charge is 0.392 e. The molecule has 2 fully saturated rings. The molecule has 1 amide bonds. The molecule has 3 N–H and O–H groups in total. The van der Waals surface area contributed by atoms with E-state index in [4.69, 9.17) is 0 Å². The first-order chi connectivity index (χ1) is 14.0. The molecule has 2 saturated carbocycles. The van der Waals surface area contributed by atoms with Crippen LogP contribution in [-0.2, 0) is 21.4 Å². The zero-order chi connectivity index (χ0) is 22.1. The average molecular weight is 438 g/mol. The predicted molar refractivity (Wildman–Crippen MR) is 116 cm³/mol. The summed E-state index contributed by atoms with van der Waals surface area (Å²) in [7, 11) is -3.31. The smallest absolute Gasteiger partial charge is 0.223 e. The Labute approximate surface area is 180 Å². The van der Waals surface area contributed by atoms with Crippen LogP contribution in [0.25, 0.3) is 0 Å². The number of amides is 1. The molecule has 1 aromatic heterocycles. The van der Waals surface area contributed by atoms with Gasteiger partial charge in [0.15, 0.2) is 0 Å². The number of hydrogen-bond donors (Lipinski definition) is 3. The molecule has 2 aliphatic carbocycles. The first-order valence-corrected chi connectivity index (χ1v) is 12.7. The van der Waals surface area contributed by atoms with Gasteiger partial charge in [0.05, 0.1) is 12.4 Å². The highest BCUT2D eigenvalue weighted by molar-refractivity contribution is 7.88. The summed E-state index contributed by atoms with van der Waals surface area (Å²) >= 11 is 0. The quantitative estimate of drug-likeness (QED) is 0.631. The van der Waals surface area contributed by atoms with Crippen molar-refractivity contribution < 1.29 is 18.3 Å². The van der Waals surface area contributed by atoms with Gasteiger partial charge in [0.25, 0.3) is 0 Å². The fourth-order valence-electron chi connectivity index (χ4n) is 5.78. The predicted octanol–water partition coefficient (Wildman–Crippen LogP) is 2.07. The molecule has 0 aliphatic heterocycles. The third-order valence-electron chi connectivity index (χ3n) is 7.50. The minimum atomic E-state index is -3.31. The van der Waals surface area contributed by atoms with E-state index in [1.54, 1.807) is 12.4 Å². The zero-order valence-corrected chi connectivity index (χ0v) is 19.2. The maximum atomic E-state index is 12.8. The molecular weight excluding hydrogens is 402 g/mol. The second-order valence-electron chi connectivity index (χ2n) is 9.63. The van der Waals surface area contributed by atoms with Crippen molar-refractivity contribution in [1.29, 1.82) is 0 Å². The zero-order valence-electron chi connectivity index (χ0n) is 18.3. The van der Waals surface area contributed by atoms with Gasteiger partial charge >= 0.3 is 0 Å². The Morgan fingerprint density at radius 1 is 1.37 bits per heavy atom. The van der Waals surface area contributed by atoms with Crippen LogP contribution in [0.1, 0.15) is 52.0 Å². The number of carbonyl (C=O) groups is 1. The lowest BCUT2D eigenvalue weighted by Gasteiger charge is -2.56. The first-order valence-electron chi connectivity index (χ1n) is 10.8. The Morgan fingerprint density at radius 3 is 2.70 bits per heavy atom. The topological polar surface area (TPSA) is 108 Å². The van der Waals surface area contributed by atoms with Gasteiger partial charge in [0.1, 0.15) is 0 Å². The monoisotopic (exact) mass is 437 g/mol. The van der Waals surface area contributed by atoms with Crippen LogP contribution in [0.4, 0.5) is 0 Å². The molecule has 7 unspecified atom stereocenters. The Balaban J connectivity index is 1.69. The lowest BCUT2D eigenvalue weighted by Crippen LogP contribution is -2.58. The number of aromatic nitrogens is 1. The molecule has 0 saturated heterocycles. The lowest BCUT2D eigenvalue weighted by atomic mass is 9.52. The highest BCUT2D eigenvalue weighted by Gasteiger charge is 2.53. The molecule has 2 aliphatic rings. The summed E-state index contributed by atoms with van der Waals surface area (Å²) in [4.78, 5) is 16.9. The van der Waals surface area contributed by atoms with E-state index >= 15 is 0 Å². The molecule has 1 heterocycles. The Hall–Kier alpha value is -1.51. The molecule has 0 bridgehead atoms. The molecule has 1 aromatic rings. The van der Waals surface area contributed by atoms with E-state index in [2.05, 4.69) is 21.9 Å². The molecule has 7 nitrogen and oxygen atoms in total. The fraction of sp³-hybridized carbons (Fsp3) is 0.727. The van der Waals surface area contributed by atoms with Crippen LogP contribution in [-0.4, -0.2) is 42.8 Å². The van der Waals surface area contributed by atoms with E-state index in [0.29, 0.717) is 6.54 Å². The number of pyridine rings is 1. The van der Waals surface area contributed by atoms with Gasteiger partial charge in [-0.2, -0.15) is 0 Å². The number of aliphatic hydroxyl groups excluding tert-OH is 1. The average Bonchev–Trinajstić information content (AvgIpc) is 2.68. The van der Waals surface area contributed by atoms with Crippen LogP contribution >= 0.6 is 0 Å². The maximum Gasteiger partial charge on any atom is 0.223 e. The SMILES string of the molecule is CC(C(=O)NCc1cccnc1)C1CCC2(C)CCC(NS(C)(=O)=O)C(C)C2C1O. The summed E-state index contributed by atoms with van der Waals surface area (Å²) in [6.07, 6.45) is 7.36. The van der Waals surface area contributed by atoms with E-state index in [0.717, 1.165) is 31.2 Å².